The van der Waals surface area contributed by atoms with Gasteiger partial charge >= 0.3 is 0 Å². The van der Waals surface area contributed by atoms with Gasteiger partial charge in [0.15, 0.2) is 0 Å². The van der Waals surface area contributed by atoms with Crippen molar-refractivity contribution in [2.24, 2.45) is 5.73 Å². The lowest BCUT2D eigenvalue weighted by Crippen LogP contribution is -2.41. The highest BCUT2D eigenvalue weighted by Gasteiger charge is 2.16. The molecule has 66 valence electrons. The number of nitrogens with two attached hydrogens (primary N) is 1. The zero-order valence-electron chi connectivity index (χ0n) is 7.47. The Kier molecular flexibility index (Phi) is 3.87. The van der Waals surface area contributed by atoms with Crippen LogP contribution in [0.25, 0.3) is 0 Å². The first-order valence-corrected chi connectivity index (χ1v) is 4.83. The number of rotatable bonds is 4. The summed E-state index contributed by atoms with van der Waals surface area (Å²) in [7, 11) is 0. The van der Waals surface area contributed by atoms with E-state index in [2.05, 4.69) is 12.2 Å². The first-order chi connectivity index (χ1) is 5.36. The third-order valence-electron chi connectivity index (χ3n) is 2.60. The van der Waals surface area contributed by atoms with Crippen LogP contribution >= 0.6 is 0 Å². The van der Waals surface area contributed by atoms with E-state index in [0.29, 0.717) is 6.04 Å². The molecule has 3 N–H and O–H groups in total. The van der Waals surface area contributed by atoms with Crippen molar-refractivity contribution in [3.63, 3.8) is 0 Å². The summed E-state index contributed by atoms with van der Waals surface area (Å²) in [6, 6.07) is 1.32. The van der Waals surface area contributed by atoms with Crippen LogP contribution in [0.1, 0.15) is 39.0 Å². The standard InChI is InChI=1S/C9H20N2/c1-2-8(7-10)11-9-5-3-4-6-9/h8-9,11H,2-7,10H2,1H3. The molecule has 1 atom stereocenters. The SMILES string of the molecule is CCC(CN)NC1CCCC1. The topological polar surface area (TPSA) is 38.0 Å². The van der Waals surface area contributed by atoms with Crippen LogP contribution in [0.3, 0.4) is 0 Å². The van der Waals surface area contributed by atoms with Crippen LogP contribution in [0.5, 0.6) is 0 Å². The zero-order valence-corrected chi connectivity index (χ0v) is 7.47. The van der Waals surface area contributed by atoms with Gasteiger partial charge in [0.1, 0.15) is 0 Å². The van der Waals surface area contributed by atoms with Gasteiger partial charge in [0.2, 0.25) is 0 Å². The average molecular weight is 156 g/mol. The van der Waals surface area contributed by atoms with E-state index < -0.39 is 0 Å². The van der Waals surface area contributed by atoms with Crippen molar-refractivity contribution in [3.8, 4) is 0 Å². The van der Waals surface area contributed by atoms with Gasteiger partial charge in [-0.05, 0) is 19.3 Å². The van der Waals surface area contributed by atoms with Crippen LogP contribution in [0, 0.1) is 0 Å². The fraction of sp³-hybridized carbons (Fsp3) is 1.00. The van der Waals surface area contributed by atoms with Crippen LogP contribution < -0.4 is 11.1 Å². The Morgan fingerprint density at radius 1 is 1.45 bits per heavy atom. The Morgan fingerprint density at radius 3 is 2.55 bits per heavy atom. The molecule has 0 spiro atoms. The van der Waals surface area contributed by atoms with Gasteiger partial charge < -0.3 is 11.1 Å². The summed E-state index contributed by atoms with van der Waals surface area (Å²) in [5.41, 5.74) is 5.60. The van der Waals surface area contributed by atoms with E-state index in [1.807, 2.05) is 0 Å². The predicted molar refractivity (Wildman–Crippen MR) is 48.5 cm³/mol. The molecule has 2 nitrogen and oxygen atoms in total. The normalized spacial score (nSPS) is 22.4. The molecule has 11 heavy (non-hydrogen) atoms. The van der Waals surface area contributed by atoms with E-state index in [0.717, 1.165) is 19.0 Å². The van der Waals surface area contributed by atoms with Crippen molar-refractivity contribution in [1.82, 2.24) is 5.32 Å². The Bertz CT molecular complexity index is 93.7. The van der Waals surface area contributed by atoms with Crippen LogP contribution in [0.2, 0.25) is 0 Å². The summed E-state index contributed by atoms with van der Waals surface area (Å²) in [4.78, 5) is 0. The van der Waals surface area contributed by atoms with Gasteiger partial charge in [-0.1, -0.05) is 19.8 Å². The molecule has 0 aliphatic heterocycles. The maximum Gasteiger partial charge on any atom is 0.0190 e. The van der Waals surface area contributed by atoms with E-state index in [1.165, 1.54) is 25.7 Å². The molecule has 0 radical (unpaired) electrons. The molecule has 2 heteroatoms. The molecule has 1 aliphatic carbocycles. The molecule has 1 aliphatic rings. The summed E-state index contributed by atoms with van der Waals surface area (Å²) in [6.07, 6.45) is 6.68. The van der Waals surface area contributed by atoms with Gasteiger partial charge in [-0.3, -0.25) is 0 Å². The van der Waals surface area contributed by atoms with E-state index in [4.69, 9.17) is 5.73 Å². The van der Waals surface area contributed by atoms with E-state index in [1.54, 1.807) is 0 Å². The number of nitrogens with one attached hydrogen (secondary N) is 1. The summed E-state index contributed by atoms with van der Waals surface area (Å²) in [5, 5.41) is 3.59. The molecule has 0 saturated heterocycles. The van der Waals surface area contributed by atoms with Crippen molar-refractivity contribution in [2.45, 2.75) is 51.1 Å². The highest BCUT2D eigenvalue weighted by molar-refractivity contribution is 4.78. The van der Waals surface area contributed by atoms with Crippen LogP contribution in [0.15, 0.2) is 0 Å². The van der Waals surface area contributed by atoms with Gasteiger partial charge in [-0.25, -0.2) is 0 Å². The van der Waals surface area contributed by atoms with Gasteiger partial charge in [-0.15, -0.1) is 0 Å². The minimum absolute atomic E-state index is 0.554. The molecule has 0 amide bonds. The van der Waals surface area contributed by atoms with E-state index in [-0.39, 0.29) is 0 Å². The Morgan fingerprint density at radius 2 is 2.09 bits per heavy atom. The van der Waals surface area contributed by atoms with Gasteiger partial charge in [0, 0.05) is 18.6 Å². The molecule has 1 saturated carbocycles. The van der Waals surface area contributed by atoms with Crippen LogP contribution in [-0.4, -0.2) is 18.6 Å². The monoisotopic (exact) mass is 156 g/mol. The second kappa shape index (κ2) is 4.73. The lowest BCUT2D eigenvalue weighted by Gasteiger charge is -2.19. The highest BCUT2D eigenvalue weighted by Crippen LogP contribution is 2.18. The Hall–Kier alpha value is -0.0800. The maximum atomic E-state index is 5.60. The summed E-state index contributed by atoms with van der Waals surface area (Å²) in [6.45, 7) is 2.98. The van der Waals surface area contributed by atoms with Crippen LogP contribution in [-0.2, 0) is 0 Å². The molecular weight excluding hydrogens is 136 g/mol. The molecule has 0 aromatic heterocycles. The molecular formula is C9H20N2. The fourth-order valence-electron chi connectivity index (χ4n) is 1.78. The lowest BCUT2D eigenvalue weighted by molar-refractivity contribution is 0.425. The first kappa shape index (κ1) is 9.01. The third kappa shape index (κ3) is 2.80. The molecule has 0 heterocycles. The second-order valence-corrected chi connectivity index (χ2v) is 3.49. The molecule has 0 aromatic rings. The van der Waals surface area contributed by atoms with Crippen LogP contribution in [0.4, 0.5) is 0 Å². The van der Waals surface area contributed by atoms with Crippen molar-refractivity contribution < 1.29 is 0 Å². The summed E-state index contributed by atoms with van der Waals surface area (Å²) in [5.74, 6) is 0. The van der Waals surface area contributed by atoms with Crippen molar-refractivity contribution in [1.29, 1.82) is 0 Å². The minimum atomic E-state index is 0.554. The van der Waals surface area contributed by atoms with Crippen molar-refractivity contribution in [3.05, 3.63) is 0 Å². The maximum absolute atomic E-state index is 5.60. The molecule has 0 aromatic carbocycles. The number of hydrogen-bond donors (Lipinski definition) is 2. The zero-order chi connectivity index (χ0) is 8.10. The second-order valence-electron chi connectivity index (χ2n) is 3.49. The smallest absolute Gasteiger partial charge is 0.0190 e. The first-order valence-electron chi connectivity index (χ1n) is 4.83. The van der Waals surface area contributed by atoms with Gasteiger partial charge in [0.05, 0.1) is 0 Å². The summed E-state index contributed by atoms with van der Waals surface area (Å²) < 4.78 is 0. The lowest BCUT2D eigenvalue weighted by atomic mass is 10.1. The highest BCUT2D eigenvalue weighted by atomic mass is 15.0. The molecule has 1 fully saturated rings. The largest absolute Gasteiger partial charge is 0.329 e. The molecule has 1 unspecified atom stereocenters. The van der Waals surface area contributed by atoms with Crippen molar-refractivity contribution in [2.75, 3.05) is 6.54 Å². The third-order valence-corrected chi connectivity index (χ3v) is 2.60. The molecule has 1 rings (SSSR count). The minimum Gasteiger partial charge on any atom is -0.329 e. The van der Waals surface area contributed by atoms with Gasteiger partial charge in [-0.2, -0.15) is 0 Å². The van der Waals surface area contributed by atoms with E-state index >= 15 is 0 Å². The molecule has 0 bridgehead atoms. The van der Waals surface area contributed by atoms with E-state index in [9.17, 15) is 0 Å². The Labute approximate surface area is 69.5 Å². The van der Waals surface area contributed by atoms with Crippen molar-refractivity contribution >= 4 is 0 Å². The Balaban J connectivity index is 2.16. The average Bonchev–Trinajstić information content (AvgIpc) is 2.52. The number of hydrogen-bond acceptors (Lipinski definition) is 2. The predicted octanol–water partition coefficient (Wildman–Crippen LogP) is 1.26. The van der Waals surface area contributed by atoms with Gasteiger partial charge in [0.25, 0.3) is 0 Å². The fourth-order valence-corrected chi connectivity index (χ4v) is 1.78. The quantitative estimate of drug-likeness (QED) is 0.643. The summed E-state index contributed by atoms with van der Waals surface area (Å²) >= 11 is 0.